The molecule has 1 heterocycles. The van der Waals surface area contributed by atoms with Gasteiger partial charge >= 0.3 is 0 Å². The van der Waals surface area contributed by atoms with E-state index in [9.17, 15) is 0 Å². The van der Waals surface area contributed by atoms with Gasteiger partial charge in [-0.05, 0) is 13.8 Å². The highest BCUT2D eigenvalue weighted by molar-refractivity contribution is 6.16. The molecule has 56 valence electrons. The Labute approximate surface area is 65.0 Å². The Morgan fingerprint density at radius 2 is 2.30 bits per heavy atom. The minimum Gasteiger partial charge on any atom is -0.249 e. The van der Waals surface area contributed by atoms with E-state index in [1.54, 1.807) is 0 Å². The van der Waals surface area contributed by atoms with Gasteiger partial charge in [-0.25, -0.2) is 9.67 Å². The molecular weight excluding hydrogens is 150 g/mol. The first-order chi connectivity index (χ1) is 4.77. The summed E-state index contributed by atoms with van der Waals surface area (Å²) >= 11 is 5.60. The van der Waals surface area contributed by atoms with Gasteiger partial charge in [0.2, 0.25) is 0 Å². The summed E-state index contributed by atoms with van der Waals surface area (Å²) in [6, 6.07) is 0. The first kappa shape index (κ1) is 7.54. The third-order valence-corrected chi connectivity index (χ3v) is 1.51. The molecule has 0 bridgehead atoms. The molecule has 1 rings (SSSR count). The number of aryl methyl sites for hydroxylation is 2. The largest absolute Gasteiger partial charge is 0.249 e. The van der Waals surface area contributed by atoms with Gasteiger partial charge in [0.05, 0.1) is 5.88 Å². The maximum absolute atomic E-state index is 5.60. The van der Waals surface area contributed by atoms with E-state index in [4.69, 9.17) is 11.6 Å². The Hall–Kier alpha value is -0.570. The molecule has 4 heteroatoms. The normalized spacial score (nSPS) is 10.3. The van der Waals surface area contributed by atoms with E-state index >= 15 is 0 Å². The van der Waals surface area contributed by atoms with Crippen molar-refractivity contribution in [2.24, 2.45) is 0 Å². The number of alkyl halides is 1. The number of aromatic nitrogens is 3. The summed E-state index contributed by atoms with van der Waals surface area (Å²) < 4.78 is 1.81. The molecular formula is C6H10ClN3. The minimum absolute atomic E-state index is 0.439. The number of hydrogen-bond acceptors (Lipinski definition) is 2. The van der Waals surface area contributed by atoms with Crippen molar-refractivity contribution in [2.75, 3.05) is 0 Å². The number of nitrogens with zero attached hydrogens (tertiary/aromatic N) is 3. The zero-order valence-electron chi connectivity index (χ0n) is 6.13. The van der Waals surface area contributed by atoms with Crippen LogP contribution in [0.2, 0.25) is 0 Å². The van der Waals surface area contributed by atoms with Crippen molar-refractivity contribution in [3.63, 3.8) is 0 Å². The number of hydrogen-bond donors (Lipinski definition) is 0. The van der Waals surface area contributed by atoms with Gasteiger partial charge in [0, 0.05) is 6.54 Å². The van der Waals surface area contributed by atoms with E-state index in [0.717, 1.165) is 18.2 Å². The van der Waals surface area contributed by atoms with Gasteiger partial charge in [-0.3, -0.25) is 0 Å². The van der Waals surface area contributed by atoms with Gasteiger partial charge in [0.15, 0.2) is 0 Å². The lowest BCUT2D eigenvalue weighted by molar-refractivity contribution is 0.628. The zero-order valence-corrected chi connectivity index (χ0v) is 6.89. The van der Waals surface area contributed by atoms with Gasteiger partial charge in [0.1, 0.15) is 11.6 Å². The summed E-state index contributed by atoms with van der Waals surface area (Å²) in [7, 11) is 0. The lowest BCUT2D eigenvalue weighted by atomic mass is 10.6. The van der Waals surface area contributed by atoms with Gasteiger partial charge in [0.25, 0.3) is 0 Å². The second kappa shape index (κ2) is 3.01. The second-order valence-corrected chi connectivity index (χ2v) is 2.29. The summed E-state index contributed by atoms with van der Waals surface area (Å²) in [6.45, 7) is 4.72. The van der Waals surface area contributed by atoms with E-state index in [1.165, 1.54) is 0 Å². The van der Waals surface area contributed by atoms with Crippen LogP contribution in [-0.2, 0) is 12.4 Å². The zero-order chi connectivity index (χ0) is 7.56. The van der Waals surface area contributed by atoms with Crippen molar-refractivity contribution in [1.82, 2.24) is 14.8 Å². The van der Waals surface area contributed by atoms with Gasteiger partial charge in [-0.15, -0.1) is 11.6 Å². The molecule has 0 aliphatic heterocycles. The van der Waals surface area contributed by atoms with Crippen LogP contribution in [0.5, 0.6) is 0 Å². The fourth-order valence-corrected chi connectivity index (χ4v) is 1.05. The Bertz CT molecular complexity index is 197. The van der Waals surface area contributed by atoms with Crippen LogP contribution in [0.4, 0.5) is 0 Å². The van der Waals surface area contributed by atoms with E-state index in [-0.39, 0.29) is 0 Å². The second-order valence-electron chi connectivity index (χ2n) is 2.02. The molecule has 0 unspecified atom stereocenters. The Morgan fingerprint density at radius 3 is 2.70 bits per heavy atom. The molecule has 0 spiro atoms. The Kier molecular flexibility index (Phi) is 2.27. The monoisotopic (exact) mass is 159 g/mol. The van der Waals surface area contributed by atoms with Crippen LogP contribution >= 0.6 is 11.6 Å². The van der Waals surface area contributed by atoms with Gasteiger partial charge in [-0.2, -0.15) is 5.10 Å². The van der Waals surface area contributed by atoms with Crippen LogP contribution in [0.25, 0.3) is 0 Å². The van der Waals surface area contributed by atoms with Crippen molar-refractivity contribution in [3.05, 3.63) is 11.6 Å². The first-order valence-electron chi connectivity index (χ1n) is 3.24. The minimum atomic E-state index is 0.439. The van der Waals surface area contributed by atoms with Crippen LogP contribution < -0.4 is 0 Å². The highest BCUT2D eigenvalue weighted by Crippen LogP contribution is 2.00. The van der Waals surface area contributed by atoms with E-state index < -0.39 is 0 Å². The first-order valence-corrected chi connectivity index (χ1v) is 3.77. The smallest absolute Gasteiger partial charge is 0.147 e. The molecule has 0 saturated carbocycles. The van der Waals surface area contributed by atoms with Gasteiger partial charge < -0.3 is 0 Å². The van der Waals surface area contributed by atoms with E-state index in [2.05, 4.69) is 10.1 Å². The SMILES string of the molecule is CCn1nc(C)nc1CCl. The molecule has 3 nitrogen and oxygen atoms in total. The fraction of sp³-hybridized carbons (Fsp3) is 0.667. The molecule has 0 aromatic carbocycles. The summed E-state index contributed by atoms with van der Waals surface area (Å²) in [6.07, 6.45) is 0. The molecule has 0 N–H and O–H groups in total. The maximum Gasteiger partial charge on any atom is 0.147 e. The van der Waals surface area contributed by atoms with E-state index in [1.807, 2.05) is 18.5 Å². The third-order valence-electron chi connectivity index (χ3n) is 1.27. The van der Waals surface area contributed by atoms with Crippen LogP contribution in [0.1, 0.15) is 18.6 Å². The molecule has 0 fully saturated rings. The number of rotatable bonds is 2. The molecule has 1 aromatic heterocycles. The van der Waals surface area contributed by atoms with Crippen molar-refractivity contribution in [1.29, 1.82) is 0 Å². The summed E-state index contributed by atoms with van der Waals surface area (Å²) in [5.41, 5.74) is 0. The quantitative estimate of drug-likeness (QED) is 0.610. The highest BCUT2D eigenvalue weighted by atomic mass is 35.5. The molecule has 1 aromatic rings. The molecule has 0 aliphatic carbocycles. The average molecular weight is 160 g/mol. The van der Waals surface area contributed by atoms with Crippen molar-refractivity contribution in [3.8, 4) is 0 Å². The molecule has 0 saturated heterocycles. The average Bonchev–Trinajstić information content (AvgIpc) is 2.30. The van der Waals surface area contributed by atoms with Crippen molar-refractivity contribution < 1.29 is 0 Å². The molecule has 0 aliphatic rings. The fourth-order valence-electron chi connectivity index (χ4n) is 0.851. The van der Waals surface area contributed by atoms with Crippen LogP contribution in [-0.4, -0.2) is 14.8 Å². The third kappa shape index (κ3) is 1.29. The molecule has 0 radical (unpaired) electrons. The summed E-state index contributed by atoms with van der Waals surface area (Å²) in [5.74, 6) is 2.08. The van der Waals surface area contributed by atoms with Crippen LogP contribution in [0.15, 0.2) is 0 Å². The molecule has 0 amide bonds. The Balaban J connectivity index is 2.96. The topological polar surface area (TPSA) is 30.7 Å². The van der Waals surface area contributed by atoms with E-state index in [0.29, 0.717) is 5.88 Å². The molecule has 10 heavy (non-hydrogen) atoms. The lowest BCUT2D eigenvalue weighted by Crippen LogP contribution is -2.00. The Morgan fingerprint density at radius 1 is 1.60 bits per heavy atom. The summed E-state index contributed by atoms with van der Waals surface area (Å²) in [4.78, 5) is 4.12. The molecule has 0 atom stereocenters. The van der Waals surface area contributed by atoms with Crippen molar-refractivity contribution >= 4 is 11.6 Å². The highest BCUT2D eigenvalue weighted by Gasteiger charge is 2.02. The van der Waals surface area contributed by atoms with Gasteiger partial charge in [-0.1, -0.05) is 0 Å². The maximum atomic E-state index is 5.60. The van der Waals surface area contributed by atoms with Crippen LogP contribution in [0.3, 0.4) is 0 Å². The van der Waals surface area contributed by atoms with Crippen LogP contribution in [0, 0.1) is 6.92 Å². The predicted octanol–water partition coefficient (Wildman–Crippen LogP) is 1.35. The predicted molar refractivity (Wildman–Crippen MR) is 40.0 cm³/mol. The van der Waals surface area contributed by atoms with Crippen molar-refractivity contribution in [2.45, 2.75) is 26.3 Å². The standard InChI is InChI=1S/C6H10ClN3/c1-3-10-6(4-7)8-5(2)9-10/h3-4H2,1-2H3. The summed E-state index contributed by atoms with van der Waals surface area (Å²) in [5, 5.41) is 4.12. The lowest BCUT2D eigenvalue weighted by Gasteiger charge is -1.95. The number of halogens is 1.